The smallest absolute Gasteiger partial charge is 0.361 e. The van der Waals surface area contributed by atoms with Crippen LogP contribution in [0.5, 0.6) is 0 Å². The average molecular weight is 1170 g/mol. The maximum atomic E-state index is 12.9. The summed E-state index contributed by atoms with van der Waals surface area (Å²) in [4.78, 5) is 37.6. The van der Waals surface area contributed by atoms with Crippen LogP contribution in [0.25, 0.3) is 0 Å². The van der Waals surface area contributed by atoms with Gasteiger partial charge in [0.25, 0.3) is 6.29 Å². The highest BCUT2D eigenvalue weighted by molar-refractivity contribution is 5.71. The Morgan fingerprint density at radius 3 is 1.02 bits per heavy atom. The van der Waals surface area contributed by atoms with E-state index in [0.717, 1.165) is 77.0 Å². The second-order valence-electron chi connectivity index (χ2n) is 25.5. The SMILES string of the molecule is CC/C=C\C/C=C\C/C=C\C/C=C\CCCCCCCCCCCCC(=O)OC(COC(=O)CCCCCCCCCCCCCCCCCCCCCCCCCCCCCCCCCCCCC)COC(OCC[N+](C)(C)C)C(=O)O. The quantitative estimate of drug-likeness (QED) is 0.0211. The van der Waals surface area contributed by atoms with Gasteiger partial charge in [-0.2, -0.15) is 0 Å². The molecule has 0 saturated carbocycles. The Bertz CT molecular complexity index is 1500. The number of hydrogen-bond donors (Lipinski definition) is 1. The lowest BCUT2D eigenvalue weighted by Crippen LogP contribution is -2.40. The van der Waals surface area contributed by atoms with E-state index in [1.165, 1.54) is 244 Å². The van der Waals surface area contributed by atoms with E-state index >= 15 is 0 Å². The molecule has 2 unspecified atom stereocenters. The van der Waals surface area contributed by atoms with Crippen LogP contribution in [0, 0.1) is 0 Å². The summed E-state index contributed by atoms with van der Waals surface area (Å²) in [6.07, 6.45) is 81.0. The number of carbonyl (C=O) groups is 3. The second kappa shape index (κ2) is 65.2. The van der Waals surface area contributed by atoms with Crippen LogP contribution in [0.3, 0.4) is 0 Å². The lowest BCUT2D eigenvalue weighted by atomic mass is 10.0. The zero-order chi connectivity index (χ0) is 60.5. The molecule has 9 heteroatoms. The Hall–Kier alpha value is -2.75. The summed E-state index contributed by atoms with van der Waals surface area (Å²) in [6, 6.07) is 0. The maximum absolute atomic E-state index is 12.9. The Morgan fingerprint density at radius 2 is 0.687 bits per heavy atom. The fraction of sp³-hybridized carbons (Fsp3) is 0.851. The van der Waals surface area contributed by atoms with Crippen molar-refractivity contribution in [3.8, 4) is 0 Å². The number of rotatable bonds is 67. The van der Waals surface area contributed by atoms with E-state index < -0.39 is 24.3 Å². The predicted octanol–water partition coefficient (Wildman–Crippen LogP) is 22.1. The highest BCUT2D eigenvalue weighted by Gasteiger charge is 2.25. The third kappa shape index (κ3) is 66.6. The van der Waals surface area contributed by atoms with Crippen molar-refractivity contribution in [3.63, 3.8) is 0 Å². The highest BCUT2D eigenvalue weighted by Crippen LogP contribution is 2.19. The summed E-state index contributed by atoms with van der Waals surface area (Å²) >= 11 is 0. The monoisotopic (exact) mass is 1170 g/mol. The van der Waals surface area contributed by atoms with Crippen molar-refractivity contribution in [2.45, 2.75) is 360 Å². The molecule has 0 aliphatic heterocycles. The number of allylic oxidation sites excluding steroid dienone is 8. The van der Waals surface area contributed by atoms with E-state index in [9.17, 15) is 19.5 Å². The second-order valence-corrected chi connectivity index (χ2v) is 25.5. The summed E-state index contributed by atoms with van der Waals surface area (Å²) in [6.45, 7) is 4.82. The number of aliphatic carboxylic acids is 1. The molecule has 1 N–H and O–H groups in total. The Kier molecular flexibility index (Phi) is 63.1. The number of nitrogens with zero attached hydrogens (tertiary/aromatic N) is 1. The van der Waals surface area contributed by atoms with Gasteiger partial charge in [-0.1, -0.05) is 332 Å². The van der Waals surface area contributed by atoms with Crippen LogP contribution in [0.15, 0.2) is 48.6 Å². The average Bonchev–Trinajstić information content (AvgIpc) is 3.46. The number of hydrogen-bond acceptors (Lipinski definition) is 7. The minimum absolute atomic E-state index is 0.181. The molecule has 9 nitrogen and oxygen atoms in total. The van der Waals surface area contributed by atoms with Gasteiger partial charge in [-0.25, -0.2) is 4.79 Å². The van der Waals surface area contributed by atoms with E-state index in [-0.39, 0.29) is 32.2 Å². The zero-order valence-corrected chi connectivity index (χ0v) is 55.6. The molecule has 0 aliphatic carbocycles. The van der Waals surface area contributed by atoms with Crippen LogP contribution in [-0.4, -0.2) is 87.4 Å². The van der Waals surface area contributed by atoms with Gasteiger partial charge in [0, 0.05) is 12.8 Å². The first kappa shape index (κ1) is 80.2. The molecule has 0 amide bonds. The van der Waals surface area contributed by atoms with Gasteiger partial charge in [-0.3, -0.25) is 9.59 Å². The minimum Gasteiger partial charge on any atom is -0.477 e. The standard InChI is InChI=1S/C74H137NO8/c1-6-8-10-12-14-16-18-20-22-24-26-28-30-31-32-33-34-35-36-37-38-39-40-41-43-44-46-48-50-52-54-56-58-60-62-64-71(76)81-68-70(69-82-74(73(78)79)80-67-66-75(3,4)5)83-72(77)65-63-61-59-57-55-53-51-49-47-45-42-29-27-25-23-21-19-17-15-13-11-9-7-2/h9,11,15,17,21,23,27,29,70,74H,6-8,10,12-14,16,18-20,22,24-26,28,30-69H2,1-5H3/p+1/b11-9-,17-15-,23-21-,29-27-. The van der Waals surface area contributed by atoms with Gasteiger partial charge in [-0.15, -0.1) is 0 Å². The number of carbonyl (C=O) groups excluding carboxylic acids is 2. The van der Waals surface area contributed by atoms with Crippen LogP contribution >= 0.6 is 0 Å². The molecule has 83 heavy (non-hydrogen) atoms. The first-order valence-electron chi connectivity index (χ1n) is 35.8. The first-order valence-corrected chi connectivity index (χ1v) is 35.8. The normalized spacial score (nSPS) is 12.9. The van der Waals surface area contributed by atoms with Crippen molar-refractivity contribution in [3.05, 3.63) is 48.6 Å². The van der Waals surface area contributed by atoms with Crippen molar-refractivity contribution in [2.75, 3.05) is 47.5 Å². The summed E-state index contributed by atoms with van der Waals surface area (Å²) in [5.74, 6) is -1.99. The molecule has 0 radical (unpaired) electrons. The number of carboxylic acid groups (broad SMARTS) is 1. The van der Waals surface area contributed by atoms with Crippen molar-refractivity contribution in [2.24, 2.45) is 0 Å². The van der Waals surface area contributed by atoms with Crippen molar-refractivity contribution in [1.82, 2.24) is 0 Å². The molecule has 0 spiro atoms. The lowest BCUT2D eigenvalue weighted by molar-refractivity contribution is -0.870. The molecule has 2 atom stereocenters. The van der Waals surface area contributed by atoms with Gasteiger partial charge in [0.15, 0.2) is 6.10 Å². The molecule has 486 valence electrons. The topological polar surface area (TPSA) is 108 Å². The van der Waals surface area contributed by atoms with Gasteiger partial charge in [-0.05, 0) is 51.4 Å². The van der Waals surface area contributed by atoms with Crippen molar-refractivity contribution < 1.29 is 42.9 Å². The zero-order valence-electron chi connectivity index (χ0n) is 55.6. The third-order valence-electron chi connectivity index (χ3n) is 16.1. The first-order chi connectivity index (χ1) is 40.6. The van der Waals surface area contributed by atoms with E-state index in [2.05, 4.69) is 62.5 Å². The lowest BCUT2D eigenvalue weighted by Gasteiger charge is -2.25. The Morgan fingerprint density at radius 1 is 0.373 bits per heavy atom. The van der Waals surface area contributed by atoms with Crippen LogP contribution in [0.1, 0.15) is 348 Å². The predicted molar refractivity (Wildman–Crippen MR) is 355 cm³/mol. The molecule has 0 saturated heterocycles. The van der Waals surface area contributed by atoms with Gasteiger partial charge < -0.3 is 28.5 Å². The van der Waals surface area contributed by atoms with Gasteiger partial charge in [0.2, 0.25) is 0 Å². The molecule has 0 heterocycles. The molecular formula is C74H138NO8+. The van der Waals surface area contributed by atoms with Crippen LogP contribution < -0.4 is 0 Å². The van der Waals surface area contributed by atoms with Crippen molar-refractivity contribution >= 4 is 17.9 Å². The van der Waals surface area contributed by atoms with E-state index in [1.54, 1.807) is 0 Å². The fourth-order valence-corrected chi connectivity index (χ4v) is 10.7. The number of quaternary nitrogens is 1. The summed E-state index contributed by atoms with van der Waals surface area (Å²) < 4.78 is 23.0. The van der Waals surface area contributed by atoms with Crippen LogP contribution in [-0.2, 0) is 33.3 Å². The van der Waals surface area contributed by atoms with Crippen molar-refractivity contribution in [1.29, 1.82) is 0 Å². The maximum Gasteiger partial charge on any atom is 0.361 e. The number of carboxylic acids is 1. The van der Waals surface area contributed by atoms with E-state index in [1.807, 2.05) is 21.1 Å². The molecule has 0 aromatic rings. The molecule has 0 rings (SSSR count). The third-order valence-corrected chi connectivity index (χ3v) is 16.1. The summed E-state index contributed by atoms with van der Waals surface area (Å²) in [5, 5.41) is 9.74. The molecule has 0 aliphatic rings. The van der Waals surface area contributed by atoms with Gasteiger partial charge in [0.1, 0.15) is 13.2 Å². The van der Waals surface area contributed by atoms with E-state index in [0.29, 0.717) is 17.4 Å². The Balaban J connectivity index is 4.01. The van der Waals surface area contributed by atoms with Gasteiger partial charge in [0.05, 0.1) is 34.4 Å². The molecule has 0 bridgehead atoms. The van der Waals surface area contributed by atoms with Gasteiger partial charge >= 0.3 is 17.9 Å². The summed E-state index contributed by atoms with van der Waals surface area (Å²) in [7, 11) is 5.98. The largest absolute Gasteiger partial charge is 0.477 e. The highest BCUT2D eigenvalue weighted by atomic mass is 16.7. The Labute approximate surface area is 514 Å². The molecule has 0 aromatic carbocycles. The summed E-state index contributed by atoms with van der Waals surface area (Å²) in [5.41, 5.74) is 0. The fourth-order valence-electron chi connectivity index (χ4n) is 10.7. The number of likely N-dealkylation sites (N-methyl/N-ethyl adjacent to an activating group) is 1. The van der Waals surface area contributed by atoms with Crippen LogP contribution in [0.4, 0.5) is 0 Å². The molecule has 0 fully saturated rings. The number of ether oxygens (including phenoxy) is 4. The number of esters is 2. The number of unbranched alkanes of at least 4 members (excludes halogenated alkanes) is 44. The van der Waals surface area contributed by atoms with E-state index in [4.69, 9.17) is 18.9 Å². The minimum atomic E-state index is -1.51. The molecular weight excluding hydrogens is 1030 g/mol. The van der Waals surface area contributed by atoms with Crippen LogP contribution in [0.2, 0.25) is 0 Å². The molecule has 0 aromatic heterocycles.